The van der Waals surface area contributed by atoms with E-state index in [4.69, 9.17) is 16.3 Å². The largest absolute Gasteiger partial charge is 0.378 e. The maximum absolute atomic E-state index is 13.0. The molecule has 0 bridgehead atoms. The number of hydrogen-bond donors (Lipinski definition) is 1. The predicted molar refractivity (Wildman–Crippen MR) is 138 cm³/mol. The fourth-order valence-corrected chi connectivity index (χ4v) is 4.20. The minimum atomic E-state index is -0.242. The van der Waals surface area contributed by atoms with Crippen LogP contribution in [0.3, 0.4) is 0 Å². The summed E-state index contributed by atoms with van der Waals surface area (Å²) in [7, 11) is 0. The number of hydrogen-bond acceptors (Lipinski definition) is 5. The van der Waals surface area contributed by atoms with Crippen LogP contribution in [0.15, 0.2) is 48.5 Å². The van der Waals surface area contributed by atoms with E-state index in [1.54, 1.807) is 16.8 Å². The Morgan fingerprint density at radius 3 is 2.23 bits per heavy atom. The topological polar surface area (TPSA) is 79.7 Å². The first-order chi connectivity index (χ1) is 16.9. The number of anilines is 2. The Labute approximate surface area is 210 Å². The van der Waals surface area contributed by atoms with Gasteiger partial charge in [0.05, 0.1) is 35.3 Å². The van der Waals surface area contributed by atoms with Crippen LogP contribution in [-0.2, 0) is 9.53 Å². The molecule has 0 saturated carbocycles. The van der Waals surface area contributed by atoms with Crippen LogP contribution < -0.4 is 10.2 Å². The van der Waals surface area contributed by atoms with Gasteiger partial charge in [0, 0.05) is 36.6 Å². The molecule has 1 saturated heterocycles. The molecule has 9 heteroatoms. The molecular formula is C26H30ClN5O3. The van der Waals surface area contributed by atoms with E-state index in [0.717, 1.165) is 49.1 Å². The third kappa shape index (κ3) is 5.66. The maximum Gasteiger partial charge on any atom is 0.254 e. The average molecular weight is 496 g/mol. The Morgan fingerprint density at radius 2 is 1.66 bits per heavy atom. The second kappa shape index (κ2) is 10.9. The van der Waals surface area contributed by atoms with Crippen molar-refractivity contribution < 1.29 is 14.3 Å². The van der Waals surface area contributed by atoms with Gasteiger partial charge in [-0.3, -0.25) is 9.59 Å². The van der Waals surface area contributed by atoms with Gasteiger partial charge in [-0.05, 0) is 69.3 Å². The van der Waals surface area contributed by atoms with Crippen LogP contribution in [0.5, 0.6) is 0 Å². The summed E-state index contributed by atoms with van der Waals surface area (Å²) in [5, 5.41) is 7.96. The summed E-state index contributed by atoms with van der Waals surface area (Å²) in [6.45, 7) is 9.14. The lowest BCUT2D eigenvalue weighted by Crippen LogP contribution is -2.38. The molecule has 1 aliphatic rings. The highest BCUT2D eigenvalue weighted by atomic mass is 35.5. The molecule has 1 N–H and O–H groups in total. The van der Waals surface area contributed by atoms with E-state index in [0.29, 0.717) is 22.8 Å². The van der Waals surface area contributed by atoms with Gasteiger partial charge in [0.15, 0.2) is 0 Å². The van der Waals surface area contributed by atoms with Crippen LogP contribution in [0.4, 0.5) is 11.4 Å². The number of rotatable bonds is 7. The van der Waals surface area contributed by atoms with Gasteiger partial charge in [-0.1, -0.05) is 11.6 Å². The Kier molecular flexibility index (Phi) is 7.73. The first-order valence-corrected chi connectivity index (χ1v) is 12.1. The van der Waals surface area contributed by atoms with Crippen LogP contribution >= 0.6 is 11.6 Å². The van der Waals surface area contributed by atoms with Crippen molar-refractivity contribution in [2.75, 3.05) is 49.6 Å². The molecule has 2 heterocycles. The number of likely N-dealkylation sites (N-methyl/N-ethyl adjacent to an activating group) is 1. The number of amides is 2. The molecule has 0 spiro atoms. The van der Waals surface area contributed by atoms with E-state index in [9.17, 15) is 9.59 Å². The van der Waals surface area contributed by atoms with Crippen LogP contribution in [-0.4, -0.2) is 65.9 Å². The zero-order valence-electron chi connectivity index (χ0n) is 20.3. The van der Waals surface area contributed by atoms with Crippen molar-refractivity contribution in [2.45, 2.75) is 20.8 Å². The fourth-order valence-electron chi connectivity index (χ4n) is 4.08. The van der Waals surface area contributed by atoms with Crippen molar-refractivity contribution in [2.24, 2.45) is 0 Å². The lowest BCUT2D eigenvalue weighted by molar-refractivity contribution is -0.116. The smallest absolute Gasteiger partial charge is 0.254 e. The van der Waals surface area contributed by atoms with Gasteiger partial charge >= 0.3 is 0 Å². The molecule has 1 aliphatic heterocycles. The third-order valence-electron chi connectivity index (χ3n) is 6.09. The number of aromatic nitrogens is 2. The summed E-state index contributed by atoms with van der Waals surface area (Å²) in [6, 6.07) is 14.9. The number of aryl methyl sites for hydroxylation is 1. The van der Waals surface area contributed by atoms with Gasteiger partial charge in [-0.15, -0.1) is 0 Å². The molecule has 1 aromatic heterocycles. The van der Waals surface area contributed by atoms with Crippen molar-refractivity contribution in [3.63, 3.8) is 0 Å². The van der Waals surface area contributed by atoms with Crippen molar-refractivity contribution in [1.82, 2.24) is 14.7 Å². The van der Waals surface area contributed by atoms with Crippen molar-refractivity contribution in [1.29, 1.82) is 0 Å². The first-order valence-electron chi connectivity index (χ1n) is 11.7. The van der Waals surface area contributed by atoms with Crippen molar-refractivity contribution in [3.8, 4) is 5.69 Å². The van der Waals surface area contributed by atoms with Gasteiger partial charge in [0.1, 0.15) is 6.54 Å². The monoisotopic (exact) mass is 495 g/mol. The second-order valence-corrected chi connectivity index (χ2v) is 8.84. The zero-order valence-corrected chi connectivity index (χ0v) is 21.0. The summed E-state index contributed by atoms with van der Waals surface area (Å²) < 4.78 is 7.14. The van der Waals surface area contributed by atoms with E-state index < -0.39 is 0 Å². The van der Waals surface area contributed by atoms with Crippen LogP contribution in [0.2, 0.25) is 5.02 Å². The molecule has 1 fully saturated rings. The van der Waals surface area contributed by atoms with Crippen LogP contribution in [0.25, 0.3) is 5.69 Å². The number of carbonyl (C=O) groups excluding carboxylic acids is 2. The Hall–Kier alpha value is -3.36. The number of benzene rings is 2. The van der Waals surface area contributed by atoms with Gasteiger partial charge in [-0.25, -0.2) is 4.68 Å². The number of morpholine rings is 1. The van der Waals surface area contributed by atoms with E-state index in [1.165, 1.54) is 4.90 Å². The minimum absolute atomic E-state index is 0.0324. The second-order valence-electron chi connectivity index (χ2n) is 8.46. The lowest BCUT2D eigenvalue weighted by Gasteiger charge is -2.29. The molecule has 0 atom stereocenters. The molecule has 0 aliphatic carbocycles. The molecule has 184 valence electrons. The summed E-state index contributed by atoms with van der Waals surface area (Å²) in [6.07, 6.45) is 0. The highest BCUT2D eigenvalue weighted by Crippen LogP contribution is 2.23. The summed E-state index contributed by atoms with van der Waals surface area (Å²) >= 11 is 6.25. The predicted octanol–water partition coefficient (Wildman–Crippen LogP) is 4.08. The molecular weight excluding hydrogens is 466 g/mol. The number of ether oxygens (including phenoxy) is 1. The highest BCUT2D eigenvalue weighted by molar-refractivity contribution is 6.31. The standard InChI is InChI=1S/C26H30ClN5O3/c1-4-30(17-24(33)28-21-7-11-22(12-8-21)31-13-15-35-16-14-31)26(34)20-5-9-23(10-6-20)32-19(3)25(27)18(2)29-32/h5-12H,4,13-17H2,1-3H3,(H,28,33). The third-order valence-corrected chi connectivity index (χ3v) is 6.64. The Balaban J connectivity index is 1.37. The molecule has 0 radical (unpaired) electrons. The normalized spacial score (nSPS) is 13.5. The fraction of sp³-hybridized carbons (Fsp3) is 0.346. The van der Waals surface area contributed by atoms with Crippen LogP contribution in [0, 0.1) is 13.8 Å². The van der Waals surface area contributed by atoms with E-state index in [1.807, 2.05) is 57.2 Å². The SMILES string of the molecule is CCN(CC(=O)Nc1ccc(N2CCOCC2)cc1)C(=O)c1ccc(-n2nc(C)c(Cl)c2C)cc1. The minimum Gasteiger partial charge on any atom is -0.378 e. The van der Waals surface area contributed by atoms with Gasteiger partial charge in [0.2, 0.25) is 5.91 Å². The van der Waals surface area contributed by atoms with Crippen molar-refractivity contribution >= 4 is 34.8 Å². The molecule has 2 amide bonds. The first kappa shape index (κ1) is 24.8. The molecule has 2 aromatic carbocycles. The van der Waals surface area contributed by atoms with Crippen molar-refractivity contribution in [3.05, 3.63) is 70.5 Å². The van der Waals surface area contributed by atoms with Gasteiger partial charge in [0.25, 0.3) is 5.91 Å². The molecule has 8 nitrogen and oxygen atoms in total. The zero-order chi connectivity index (χ0) is 24.9. The molecule has 0 unspecified atom stereocenters. The van der Waals surface area contributed by atoms with Crippen LogP contribution in [0.1, 0.15) is 28.7 Å². The summed E-state index contributed by atoms with van der Waals surface area (Å²) in [5.41, 5.74) is 4.71. The Morgan fingerprint density at radius 1 is 1.03 bits per heavy atom. The van der Waals surface area contributed by atoms with E-state index in [-0.39, 0.29) is 18.4 Å². The molecule has 3 aromatic rings. The molecule has 35 heavy (non-hydrogen) atoms. The quantitative estimate of drug-likeness (QED) is 0.534. The average Bonchev–Trinajstić information content (AvgIpc) is 3.15. The van der Waals surface area contributed by atoms with E-state index in [2.05, 4.69) is 15.3 Å². The summed E-state index contributed by atoms with van der Waals surface area (Å²) in [4.78, 5) is 29.5. The number of nitrogens with one attached hydrogen (secondary N) is 1. The van der Waals surface area contributed by atoms with Gasteiger partial charge in [-0.2, -0.15) is 5.10 Å². The highest BCUT2D eigenvalue weighted by Gasteiger charge is 2.19. The van der Waals surface area contributed by atoms with E-state index >= 15 is 0 Å². The molecule has 4 rings (SSSR count). The summed E-state index contributed by atoms with van der Waals surface area (Å²) in [5.74, 6) is -0.448. The Bertz CT molecular complexity index is 1180. The number of carbonyl (C=O) groups is 2. The van der Waals surface area contributed by atoms with Gasteiger partial charge < -0.3 is 19.9 Å². The number of halogens is 1. The lowest BCUT2D eigenvalue weighted by atomic mass is 10.1. The number of nitrogens with zero attached hydrogens (tertiary/aromatic N) is 4. The maximum atomic E-state index is 13.0.